The van der Waals surface area contributed by atoms with E-state index in [0.717, 1.165) is 5.56 Å². The maximum atomic E-state index is 13.9. The summed E-state index contributed by atoms with van der Waals surface area (Å²) in [5, 5.41) is 9.03. The number of aromatic amines is 1. The molecule has 0 fully saturated rings. The second-order valence-electron chi connectivity index (χ2n) is 11.8. The first-order chi connectivity index (χ1) is 24.1. The van der Waals surface area contributed by atoms with E-state index in [1.807, 2.05) is 12.3 Å². The number of hydrogen-bond donors (Lipinski definition) is 4. The van der Waals surface area contributed by atoms with Gasteiger partial charge in [-0.25, -0.2) is 0 Å². The highest BCUT2D eigenvalue weighted by molar-refractivity contribution is 7.98. The summed E-state index contributed by atoms with van der Waals surface area (Å²) in [5.74, 6) is 1.35. The lowest BCUT2D eigenvalue weighted by Crippen LogP contribution is -2.43. The Morgan fingerprint density at radius 2 is 1.78 bits per heavy atom. The van der Waals surface area contributed by atoms with Crippen LogP contribution in [0.2, 0.25) is 0 Å². The van der Waals surface area contributed by atoms with Crippen LogP contribution < -0.4 is 46.7 Å². The summed E-state index contributed by atoms with van der Waals surface area (Å²) in [7, 11) is 4.60. The molecule has 0 unspecified atom stereocenters. The summed E-state index contributed by atoms with van der Waals surface area (Å²) in [6, 6.07) is 12.5. The van der Waals surface area contributed by atoms with Crippen molar-refractivity contribution < 1.29 is 23.8 Å². The molecule has 0 saturated carbocycles. The molecule has 1 aromatic heterocycles. The molecule has 2 atom stereocenters. The van der Waals surface area contributed by atoms with Crippen molar-refractivity contribution >= 4 is 40.3 Å². The minimum Gasteiger partial charge on any atom is -0.493 e. The number of benzene rings is 2. The SMILES string of the molecule is COc1cc2c(c(OC)c1OC)-c1ccc(N[C@H](CCSC)C(=O)NCCn3c(=O)c(=O)[nH]c4ccccc43)c(=O)cc1[C@H](NC(C)=O)CC2. The van der Waals surface area contributed by atoms with E-state index in [0.29, 0.717) is 70.0 Å². The van der Waals surface area contributed by atoms with Crippen LogP contribution in [0.5, 0.6) is 17.2 Å². The summed E-state index contributed by atoms with van der Waals surface area (Å²) in [6.07, 6.45) is 3.40. The van der Waals surface area contributed by atoms with E-state index >= 15 is 0 Å². The smallest absolute Gasteiger partial charge is 0.316 e. The Bertz CT molecular complexity index is 2100. The first-order valence-corrected chi connectivity index (χ1v) is 17.5. The second kappa shape index (κ2) is 16.0. The lowest BCUT2D eigenvalue weighted by molar-refractivity contribution is -0.122. The minimum atomic E-state index is -0.790. The number of amides is 2. The quantitative estimate of drug-likeness (QED) is 0.152. The van der Waals surface area contributed by atoms with Crippen molar-refractivity contribution in [2.75, 3.05) is 45.2 Å². The highest BCUT2D eigenvalue weighted by Crippen LogP contribution is 2.50. The van der Waals surface area contributed by atoms with Crippen molar-refractivity contribution in [2.45, 2.75) is 44.8 Å². The number of methoxy groups -OCH3 is 3. The molecule has 50 heavy (non-hydrogen) atoms. The normalized spacial score (nSPS) is 14.1. The van der Waals surface area contributed by atoms with Crippen LogP contribution in [0.3, 0.4) is 0 Å². The van der Waals surface area contributed by atoms with Crippen LogP contribution in [0.25, 0.3) is 22.2 Å². The molecule has 4 N–H and O–H groups in total. The second-order valence-corrected chi connectivity index (χ2v) is 12.8. The fourth-order valence-corrected chi connectivity index (χ4v) is 6.85. The highest BCUT2D eigenvalue weighted by atomic mass is 32.2. The van der Waals surface area contributed by atoms with Gasteiger partial charge in [0, 0.05) is 25.6 Å². The number of nitrogens with zero attached hydrogens (tertiary/aromatic N) is 1. The number of hydrogen-bond acceptors (Lipinski definition) is 10. The molecule has 1 heterocycles. The van der Waals surface area contributed by atoms with Crippen LogP contribution in [0.15, 0.2) is 62.9 Å². The van der Waals surface area contributed by atoms with Gasteiger partial charge in [-0.3, -0.25) is 24.0 Å². The number of thioether (sulfide) groups is 1. The predicted octanol–water partition coefficient (Wildman–Crippen LogP) is 3.22. The van der Waals surface area contributed by atoms with Gasteiger partial charge in [0.05, 0.1) is 44.1 Å². The maximum absolute atomic E-state index is 13.9. The fourth-order valence-electron chi connectivity index (χ4n) is 6.38. The molecule has 3 aromatic carbocycles. The topological polar surface area (TPSA) is 170 Å². The molecule has 0 bridgehead atoms. The van der Waals surface area contributed by atoms with Gasteiger partial charge in [0.2, 0.25) is 23.0 Å². The van der Waals surface area contributed by atoms with Crippen molar-refractivity contribution in [3.8, 4) is 28.4 Å². The molecule has 0 spiro atoms. The zero-order valence-electron chi connectivity index (χ0n) is 28.6. The fraction of sp³-hybridized carbons (Fsp3) is 0.361. The van der Waals surface area contributed by atoms with Crippen LogP contribution in [-0.2, 0) is 22.6 Å². The Labute approximate surface area is 292 Å². The molecule has 0 aliphatic heterocycles. The number of carbonyl (C=O) groups excluding carboxylic acids is 2. The van der Waals surface area contributed by atoms with Gasteiger partial charge in [0.1, 0.15) is 6.04 Å². The number of rotatable bonds is 13. The molecule has 1 aliphatic rings. The monoisotopic (exact) mass is 703 g/mol. The van der Waals surface area contributed by atoms with Crippen molar-refractivity contribution in [3.63, 3.8) is 0 Å². The van der Waals surface area contributed by atoms with Gasteiger partial charge >= 0.3 is 11.1 Å². The molecule has 14 heteroatoms. The Balaban J connectivity index is 1.50. The third kappa shape index (κ3) is 7.49. The zero-order chi connectivity index (χ0) is 35.9. The van der Waals surface area contributed by atoms with E-state index in [-0.39, 0.29) is 36.0 Å². The number of aryl methyl sites for hydroxylation is 1. The van der Waals surface area contributed by atoms with Gasteiger partial charge < -0.3 is 39.7 Å². The van der Waals surface area contributed by atoms with E-state index < -0.39 is 23.2 Å². The van der Waals surface area contributed by atoms with Crippen molar-refractivity contribution in [3.05, 3.63) is 90.6 Å². The number of carbonyl (C=O) groups is 2. The number of anilines is 1. The van der Waals surface area contributed by atoms with E-state index in [1.54, 1.807) is 55.3 Å². The number of aromatic nitrogens is 2. The van der Waals surface area contributed by atoms with Crippen LogP contribution >= 0.6 is 11.8 Å². The molecule has 0 saturated heterocycles. The molecule has 264 valence electrons. The Morgan fingerprint density at radius 3 is 2.48 bits per heavy atom. The first kappa shape index (κ1) is 36.1. The van der Waals surface area contributed by atoms with E-state index in [2.05, 4.69) is 20.9 Å². The van der Waals surface area contributed by atoms with Crippen LogP contribution in [-0.4, -0.2) is 67.3 Å². The summed E-state index contributed by atoms with van der Waals surface area (Å²) in [4.78, 5) is 67.2. The van der Waals surface area contributed by atoms with Crippen LogP contribution in [0.4, 0.5) is 5.69 Å². The molecular formula is C36H41N5O8S. The van der Waals surface area contributed by atoms with Gasteiger partial charge in [0.25, 0.3) is 0 Å². The Morgan fingerprint density at radius 1 is 1.02 bits per heavy atom. The van der Waals surface area contributed by atoms with Crippen LogP contribution in [0, 0.1) is 0 Å². The summed E-state index contributed by atoms with van der Waals surface area (Å²) >= 11 is 1.56. The molecule has 4 aromatic rings. The number of ether oxygens (including phenoxy) is 3. The van der Waals surface area contributed by atoms with Gasteiger partial charge in [-0.05, 0) is 78.3 Å². The number of H-pyrrole nitrogens is 1. The molecule has 5 rings (SSSR count). The largest absolute Gasteiger partial charge is 0.493 e. The zero-order valence-corrected chi connectivity index (χ0v) is 29.5. The number of para-hydroxylation sites is 2. The lowest BCUT2D eigenvalue weighted by Gasteiger charge is -2.19. The third-order valence-corrected chi connectivity index (χ3v) is 9.33. The Hall–Kier alpha value is -5.24. The molecular weight excluding hydrogens is 662 g/mol. The standard InChI is InChI=1S/C36H41N5O8S/c1-20(42)38-24-12-10-21-18-30(47-2)32(48-3)33(49-4)31(21)22-11-13-26(29(43)19-23(22)24)39-27(14-17-50-5)34(44)37-15-16-41-28-9-7-6-8-25(28)40-35(45)36(41)46/h6-9,11,13,18-19,24,27H,10,12,14-17H2,1-5H3,(H,37,44)(H,38,42)(H,39,43)(H,40,45)/t24-,27-/m1/s1. The van der Waals surface area contributed by atoms with Gasteiger partial charge in [0.15, 0.2) is 11.5 Å². The summed E-state index contributed by atoms with van der Waals surface area (Å²) < 4.78 is 18.5. The van der Waals surface area contributed by atoms with E-state index in [4.69, 9.17) is 14.2 Å². The van der Waals surface area contributed by atoms with E-state index in [1.165, 1.54) is 31.8 Å². The van der Waals surface area contributed by atoms with Crippen molar-refractivity contribution in [1.82, 2.24) is 20.2 Å². The van der Waals surface area contributed by atoms with Gasteiger partial charge in [-0.1, -0.05) is 18.2 Å². The first-order valence-electron chi connectivity index (χ1n) is 16.1. The number of nitrogens with one attached hydrogen (secondary N) is 4. The predicted molar refractivity (Wildman–Crippen MR) is 195 cm³/mol. The lowest BCUT2D eigenvalue weighted by atomic mass is 9.95. The number of fused-ring (bicyclic) bond motifs is 4. The molecule has 0 radical (unpaired) electrons. The molecule has 1 aliphatic carbocycles. The van der Waals surface area contributed by atoms with Gasteiger partial charge in [-0.2, -0.15) is 11.8 Å². The average Bonchev–Trinajstić information content (AvgIpc) is 3.35. The maximum Gasteiger partial charge on any atom is 0.316 e. The third-order valence-electron chi connectivity index (χ3n) is 8.69. The average molecular weight is 704 g/mol. The summed E-state index contributed by atoms with van der Waals surface area (Å²) in [6.45, 7) is 1.58. The van der Waals surface area contributed by atoms with Gasteiger partial charge in [-0.15, -0.1) is 0 Å². The van der Waals surface area contributed by atoms with Crippen molar-refractivity contribution in [2.24, 2.45) is 0 Å². The van der Waals surface area contributed by atoms with E-state index in [9.17, 15) is 24.0 Å². The minimum absolute atomic E-state index is 0.0735. The Kier molecular flexibility index (Phi) is 11.5. The highest BCUT2D eigenvalue weighted by Gasteiger charge is 2.30. The van der Waals surface area contributed by atoms with Crippen molar-refractivity contribution in [1.29, 1.82) is 0 Å². The molecule has 2 amide bonds. The molecule has 13 nitrogen and oxygen atoms in total. The van der Waals surface area contributed by atoms with Crippen LogP contribution in [0.1, 0.15) is 36.9 Å². The summed E-state index contributed by atoms with van der Waals surface area (Å²) in [5.41, 5.74) is 2.30.